The minimum atomic E-state index is -1.15. The number of para-hydroxylation sites is 2. The molecule has 0 saturated heterocycles. The molecule has 2 N–H and O–H groups in total. The largest absolute Gasteiger partial charge is 0.362 e. The quantitative estimate of drug-likeness (QED) is 0.209. The van der Waals surface area contributed by atoms with E-state index in [0.29, 0.717) is 27.6 Å². The Balaban J connectivity index is 1.10. The molecular weight excluding hydrogens is 468 g/mol. The summed E-state index contributed by atoms with van der Waals surface area (Å²) in [6, 6.07) is 10.9. The van der Waals surface area contributed by atoms with E-state index in [9.17, 15) is 8.78 Å². The molecule has 0 aliphatic rings. The number of benzene rings is 1. The Labute approximate surface area is 205 Å². The van der Waals surface area contributed by atoms with Gasteiger partial charge in [0.2, 0.25) is 0 Å². The summed E-state index contributed by atoms with van der Waals surface area (Å²) >= 11 is 1.23. The van der Waals surface area contributed by atoms with E-state index in [1.165, 1.54) is 36.0 Å². The van der Waals surface area contributed by atoms with E-state index in [2.05, 4.69) is 35.2 Å². The van der Waals surface area contributed by atoms with Gasteiger partial charge in [-0.1, -0.05) is 42.7 Å². The minimum absolute atomic E-state index is 0.152. The van der Waals surface area contributed by atoms with Crippen molar-refractivity contribution < 1.29 is 8.78 Å². The van der Waals surface area contributed by atoms with Crippen molar-refractivity contribution in [2.75, 3.05) is 5.32 Å². The van der Waals surface area contributed by atoms with Gasteiger partial charge in [-0.15, -0.1) is 0 Å². The fourth-order valence-electron chi connectivity index (χ4n) is 3.97. The van der Waals surface area contributed by atoms with Gasteiger partial charge in [0, 0.05) is 12.6 Å². The van der Waals surface area contributed by atoms with Gasteiger partial charge in [0.1, 0.15) is 33.3 Å². The molecule has 180 valence electrons. The fraction of sp³-hybridized carbons (Fsp3) is 0.320. The van der Waals surface area contributed by atoms with Gasteiger partial charge in [0.15, 0.2) is 12.0 Å². The number of unbranched alkanes of at least 4 members (excludes halogenated alkanes) is 3. The molecule has 4 aromatic heterocycles. The molecule has 5 rings (SSSR count). The molecule has 0 saturated carbocycles. The van der Waals surface area contributed by atoms with Crippen LogP contribution < -0.4 is 5.32 Å². The lowest BCUT2D eigenvalue weighted by molar-refractivity contribution is 0.312. The summed E-state index contributed by atoms with van der Waals surface area (Å²) in [5.74, 6) is 1.05. The van der Waals surface area contributed by atoms with Crippen LogP contribution in [0.4, 0.5) is 14.6 Å². The van der Waals surface area contributed by atoms with Gasteiger partial charge >= 0.3 is 0 Å². The highest BCUT2D eigenvalue weighted by Gasteiger charge is 2.18. The van der Waals surface area contributed by atoms with Crippen molar-refractivity contribution in [1.82, 2.24) is 29.9 Å². The Morgan fingerprint density at radius 3 is 2.74 bits per heavy atom. The molecule has 0 radical (unpaired) electrons. The number of rotatable bonds is 11. The molecule has 10 heteroatoms. The number of imidazole rings is 1. The minimum Gasteiger partial charge on any atom is -0.362 e. The van der Waals surface area contributed by atoms with Gasteiger partial charge in [-0.05, 0) is 37.1 Å². The molecule has 1 atom stereocenters. The number of aromatic amines is 1. The molecule has 4 heterocycles. The molecule has 5 aromatic rings. The summed E-state index contributed by atoms with van der Waals surface area (Å²) in [4.78, 5) is 25.5. The van der Waals surface area contributed by atoms with Gasteiger partial charge in [-0.3, -0.25) is 4.98 Å². The standard InChI is InChI=1S/C25H25F2N7S/c26-16-9-7-13-28-20(16)14-29-23-22-25(31-15-30-23)35-24(34-22)17(27)8-3-1-2-4-12-21-32-18-10-5-6-11-19(18)33-21/h5-7,9-11,13,15,17H,1-4,8,12,14H2,(H,32,33)(H,29,30,31)/t17-/m1/s1. The number of fused-ring (bicyclic) bond motifs is 2. The van der Waals surface area contributed by atoms with E-state index in [4.69, 9.17) is 0 Å². The number of pyridine rings is 1. The second kappa shape index (κ2) is 10.8. The van der Waals surface area contributed by atoms with E-state index in [-0.39, 0.29) is 12.2 Å². The molecule has 0 aliphatic carbocycles. The van der Waals surface area contributed by atoms with Crippen molar-refractivity contribution in [3.63, 3.8) is 0 Å². The summed E-state index contributed by atoms with van der Waals surface area (Å²) in [5.41, 5.74) is 2.83. The number of nitrogens with zero attached hydrogens (tertiary/aromatic N) is 5. The molecule has 0 amide bonds. The molecule has 0 spiro atoms. The molecule has 35 heavy (non-hydrogen) atoms. The number of hydrogen-bond donors (Lipinski definition) is 2. The van der Waals surface area contributed by atoms with Crippen molar-refractivity contribution >= 4 is 38.5 Å². The Morgan fingerprint density at radius 1 is 0.971 bits per heavy atom. The lowest BCUT2D eigenvalue weighted by Crippen LogP contribution is -2.06. The van der Waals surface area contributed by atoms with Crippen LogP contribution in [0.1, 0.15) is 54.8 Å². The van der Waals surface area contributed by atoms with Crippen LogP contribution in [0.3, 0.4) is 0 Å². The van der Waals surface area contributed by atoms with E-state index in [1.54, 1.807) is 0 Å². The number of halogens is 2. The van der Waals surface area contributed by atoms with Crippen molar-refractivity contribution in [1.29, 1.82) is 0 Å². The summed E-state index contributed by atoms with van der Waals surface area (Å²) < 4.78 is 28.7. The maximum atomic E-state index is 14.9. The number of hydrogen-bond acceptors (Lipinski definition) is 7. The summed E-state index contributed by atoms with van der Waals surface area (Å²) in [6.45, 7) is 0.152. The fourth-order valence-corrected chi connectivity index (χ4v) is 4.89. The summed E-state index contributed by atoms with van der Waals surface area (Å²) in [7, 11) is 0. The Hall–Kier alpha value is -3.53. The molecular formula is C25H25F2N7S. The molecule has 0 fully saturated rings. The lowest BCUT2D eigenvalue weighted by atomic mass is 10.1. The molecule has 0 aliphatic heterocycles. The maximum Gasteiger partial charge on any atom is 0.157 e. The first-order valence-electron chi connectivity index (χ1n) is 11.7. The predicted octanol–water partition coefficient (Wildman–Crippen LogP) is 6.31. The highest BCUT2D eigenvalue weighted by Crippen LogP contribution is 2.32. The Morgan fingerprint density at radius 2 is 1.86 bits per heavy atom. The number of aromatic nitrogens is 6. The number of anilines is 1. The number of thiazole rings is 1. The first-order chi connectivity index (χ1) is 17.2. The van der Waals surface area contributed by atoms with Crippen LogP contribution in [0.25, 0.3) is 21.4 Å². The van der Waals surface area contributed by atoms with E-state index >= 15 is 0 Å². The topological polar surface area (TPSA) is 92.3 Å². The number of H-pyrrole nitrogens is 1. The SMILES string of the molecule is Fc1cccnc1CNc1ncnc2sc([C@H](F)CCCCCCc3nc4ccccc4[nH]3)nc12. The number of alkyl halides is 1. The third-order valence-corrected chi connectivity index (χ3v) is 6.85. The molecule has 1 aromatic carbocycles. The Kier molecular flexibility index (Phi) is 7.17. The normalized spacial score (nSPS) is 12.4. The van der Waals surface area contributed by atoms with E-state index in [1.807, 2.05) is 24.3 Å². The zero-order valence-electron chi connectivity index (χ0n) is 19.0. The number of aryl methyl sites for hydroxylation is 1. The highest BCUT2D eigenvalue weighted by atomic mass is 32.1. The first-order valence-corrected chi connectivity index (χ1v) is 12.5. The molecule has 0 unspecified atom stereocenters. The third-order valence-electron chi connectivity index (χ3n) is 5.80. The van der Waals surface area contributed by atoms with Crippen molar-refractivity contribution in [3.8, 4) is 0 Å². The average Bonchev–Trinajstić information content (AvgIpc) is 3.50. The van der Waals surface area contributed by atoms with Crippen LogP contribution in [0, 0.1) is 5.82 Å². The lowest BCUT2D eigenvalue weighted by Gasteiger charge is -2.06. The van der Waals surface area contributed by atoms with Crippen molar-refractivity contribution in [2.24, 2.45) is 0 Å². The van der Waals surface area contributed by atoms with Crippen molar-refractivity contribution in [3.05, 3.63) is 71.3 Å². The third kappa shape index (κ3) is 5.59. The van der Waals surface area contributed by atoms with Crippen LogP contribution in [-0.4, -0.2) is 29.9 Å². The van der Waals surface area contributed by atoms with E-state index in [0.717, 1.165) is 49.0 Å². The molecule has 7 nitrogen and oxygen atoms in total. The van der Waals surface area contributed by atoms with Gasteiger partial charge in [-0.2, -0.15) is 0 Å². The zero-order valence-corrected chi connectivity index (χ0v) is 19.9. The van der Waals surface area contributed by atoms with Gasteiger partial charge in [-0.25, -0.2) is 28.7 Å². The second-order valence-corrected chi connectivity index (χ2v) is 9.34. The first kappa shape index (κ1) is 23.2. The summed E-state index contributed by atoms with van der Waals surface area (Å²) in [6.07, 6.45) is 6.86. The Bertz CT molecular complexity index is 1380. The second-order valence-electron chi connectivity index (χ2n) is 8.33. The summed E-state index contributed by atoms with van der Waals surface area (Å²) in [5, 5.41) is 3.44. The number of nitrogens with one attached hydrogen (secondary N) is 2. The monoisotopic (exact) mass is 493 g/mol. The predicted molar refractivity (Wildman–Crippen MR) is 133 cm³/mol. The average molecular weight is 494 g/mol. The van der Waals surface area contributed by atoms with Gasteiger partial charge in [0.05, 0.1) is 23.3 Å². The van der Waals surface area contributed by atoms with Gasteiger partial charge in [0.25, 0.3) is 0 Å². The van der Waals surface area contributed by atoms with Crippen molar-refractivity contribution in [2.45, 2.75) is 51.2 Å². The highest BCUT2D eigenvalue weighted by molar-refractivity contribution is 7.18. The van der Waals surface area contributed by atoms with Crippen LogP contribution in [0.5, 0.6) is 0 Å². The van der Waals surface area contributed by atoms with Crippen LogP contribution >= 0.6 is 11.3 Å². The maximum absolute atomic E-state index is 14.9. The van der Waals surface area contributed by atoms with Crippen LogP contribution in [0.2, 0.25) is 0 Å². The smallest absolute Gasteiger partial charge is 0.157 e. The zero-order chi connectivity index (χ0) is 24.0. The van der Waals surface area contributed by atoms with Crippen LogP contribution in [0.15, 0.2) is 48.9 Å². The van der Waals surface area contributed by atoms with Gasteiger partial charge < -0.3 is 10.3 Å². The van der Waals surface area contributed by atoms with Crippen LogP contribution in [-0.2, 0) is 13.0 Å². The molecule has 0 bridgehead atoms. The van der Waals surface area contributed by atoms with E-state index < -0.39 is 12.0 Å².